The van der Waals surface area contributed by atoms with Gasteiger partial charge in [0.1, 0.15) is 0 Å². The molecule has 0 aliphatic heterocycles. The number of ether oxygens (including phenoxy) is 1. The van der Waals surface area contributed by atoms with Crippen LogP contribution < -0.4 is 0 Å². The molecule has 0 rings (SSSR count). The molecule has 56 valence electrons. The van der Waals surface area contributed by atoms with Gasteiger partial charge in [-0.25, -0.2) is 6.61 Å². The van der Waals surface area contributed by atoms with Crippen LogP contribution in [0.15, 0.2) is 0 Å². The largest absolute Gasteiger partial charge is 0.552 e. The van der Waals surface area contributed by atoms with Crippen molar-refractivity contribution in [1.29, 1.82) is 0 Å². The summed E-state index contributed by atoms with van der Waals surface area (Å²) in [7, 11) is 0. The van der Waals surface area contributed by atoms with Gasteiger partial charge in [-0.3, -0.25) is 0 Å². The van der Waals surface area contributed by atoms with E-state index in [0.717, 1.165) is 13.0 Å². The summed E-state index contributed by atoms with van der Waals surface area (Å²) in [6.45, 7) is 10.3. The quantitative estimate of drug-likeness (QED) is 0.569. The summed E-state index contributed by atoms with van der Waals surface area (Å²) in [5.74, 6) is 0.509. The van der Waals surface area contributed by atoms with E-state index in [4.69, 9.17) is 4.74 Å². The van der Waals surface area contributed by atoms with Crippen molar-refractivity contribution < 1.29 is 70.2 Å². The van der Waals surface area contributed by atoms with Crippen molar-refractivity contribution in [2.24, 2.45) is 5.92 Å². The average molecular weight is 292 g/mol. The Labute approximate surface area is 115 Å². The molecule has 0 unspecified atom stereocenters. The van der Waals surface area contributed by atoms with E-state index in [0.29, 0.717) is 5.92 Å². The van der Waals surface area contributed by atoms with Crippen LogP contribution >= 0.6 is 0 Å². The topological polar surface area (TPSA) is 9.23 Å². The third kappa shape index (κ3) is 16.6. The Kier molecular flexibility index (Phi) is 24.8. The molecule has 0 aliphatic carbocycles. The second-order valence-corrected chi connectivity index (χ2v) is 2.00. The molecule has 0 spiro atoms. The van der Waals surface area contributed by atoms with Gasteiger partial charge in [0.05, 0.1) is 0 Å². The Balaban J connectivity index is -0.000000245. The molecular formula is C7H14OY2-2. The van der Waals surface area contributed by atoms with E-state index in [1.165, 1.54) is 0 Å². The molecule has 0 amide bonds. The Bertz CT molecular complexity index is 48.9. The molecule has 1 atom stereocenters. The SMILES string of the molecule is [CH2-][C@H](C)CCO[CH-]C.[Y].[Y]. The van der Waals surface area contributed by atoms with Crippen LogP contribution in [0.3, 0.4) is 0 Å². The monoisotopic (exact) mass is 292 g/mol. The second-order valence-electron chi connectivity index (χ2n) is 2.00. The van der Waals surface area contributed by atoms with E-state index in [2.05, 4.69) is 13.8 Å². The van der Waals surface area contributed by atoms with Crippen LogP contribution in [0, 0.1) is 19.4 Å². The first-order valence-corrected chi connectivity index (χ1v) is 3.00. The molecule has 3 heteroatoms. The first-order chi connectivity index (χ1) is 3.77. The van der Waals surface area contributed by atoms with E-state index in [9.17, 15) is 0 Å². The smallest absolute Gasteiger partial charge is 0.00894 e. The Hall–Kier alpha value is 2.17. The summed E-state index contributed by atoms with van der Waals surface area (Å²) in [6.07, 6.45) is 1.05. The van der Waals surface area contributed by atoms with Crippen LogP contribution in [-0.2, 0) is 70.2 Å². The van der Waals surface area contributed by atoms with Gasteiger partial charge in [0, 0.05) is 72.0 Å². The number of hydrogen-bond donors (Lipinski definition) is 0. The first-order valence-electron chi connectivity index (χ1n) is 3.00. The normalized spacial score (nSPS) is 11.1. The van der Waals surface area contributed by atoms with E-state index >= 15 is 0 Å². The number of hydrogen-bond acceptors (Lipinski definition) is 1. The zero-order valence-electron chi connectivity index (χ0n) is 6.84. The van der Waals surface area contributed by atoms with Crippen molar-refractivity contribution in [3.63, 3.8) is 0 Å². The molecule has 2 radical (unpaired) electrons. The zero-order chi connectivity index (χ0) is 6.41. The van der Waals surface area contributed by atoms with Gasteiger partial charge in [-0.2, -0.15) is 12.8 Å². The molecule has 0 N–H and O–H groups in total. The molecule has 0 saturated heterocycles. The first kappa shape index (κ1) is 18.1. The Morgan fingerprint density at radius 3 is 2.30 bits per heavy atom. The van der Waals surface area contributed by atoms with Crippen molar-refractivity contribution in [3.8, 4) is 0 Å². The van der Waals surface area contributed by atoms with Gasteiger partial charge in [-0.1, -0.05) is 13.3 Å². The summed E-state index contributed by atoms with van der Waals surface area (Å²) in [5.41, 5.74) is 0. The molecule has 0 bridgehead atoms. The van der Waals surface area contributed by atoms with Crippen molar-refractivity contribution in [3.05, 3.63) is 13.5 Å². The molecule has 10 heavy (non-hydrogen) atoms. The molecule has 0 fully saturated rings. The summed E-state index contributed by atoms with van der Waals surface area (Å²) in [5, 5.41) is 0. The van der Waals surface area contributed by atoms with Crippen LogP contribution in [0.1, 0.15) is 20.3 Å². The van der Waals surface area contributed by atoms with Crippen LogP contribution in [-0.4, -0.2) is 6.61 Å². The van der Waals surface area contributed by atoms with Crippen molar-refractivity contribution in [1.82, 2.24) is 0 Å². The molecule has 0 aliphatic rings. The zero-order valence-corrected chi connectivity index (χ0v) is 12.5. The van der Waals surface area contributed by atoms with Crippen LogP contribution in [0.25, 0.3) is 0 Å². The summed E-state index contributed by atoms with van der Waals surface area (Å²) >= 11 is 0. The minimum Gasteiger partial charge on any atom is -0.552 e. The molecule has 0 saturated carbocycles. The van der Waals surface area contributed by atoms with Gasteiger partial charge in [-0.05, 0) is 0 Å². The van der Waals surface area contributed by atoms with Crippen LogP contribution in [0.4, 0.5) is 0 Å². The molecule has 0 aromatic heterocycles. The van der Waals surface area contributed by atoms with E-state index in [-0.39, 0.29) is 65.4 Å². The van der Waals surface area contributed by atoms with Gasteiger partial charge in [0.2, 0.25) is 0 Å². The van der Waals surface area contributed by atoms with E-state index < -0.39 is 0 Å². The predicted molar refractivity (Wildman–Crippen MR) is 35.1 cm³/mol. The maximum Gasteiger partial charge on any atom is 0.00894 e. The average Bonchev–Trinajstić information content (AvgIpc) is 1.66. The van der Waals surface area contributed by atoms with Gasteiger partial charge >= 0.3 is 0 Å². The van der Waals surface area contributed by atoms with Gasteiger partial charge in [-0.15, -0.1) is 0 Å². The number of rotatable bonds is 4. The van der Waals surface area contributed by atoms with Crippen molar-refractivity contribution in [2.75, 3.05) is 6.61 Å². The Morgan fingerprint density at radius 1 is 1.50 bits per heavy atom. The fourth-order valence-electron chi connectivity index (χ4n) is 0.387. The molecular weight excluding hydrogens is 278 g/mol. The summed E-state index contributed by atoms with van der Waals surface area (Å²) in [6, 6.07) is 0. The van der Waals surface area contributed by atoms with Gasteiger partial charge in [0.15, 0.2) is 0 Å². The van der Waals surface area contributed by atoms with Crippen molar-refractivity contribution >= 4 is 0 Å². The minimum absolute atomic E-state index is 0. The van der Waals surface area contributed by atoms with E-state index in [1.807, 2.05) is 6.92 Å². The Morgan fingerprint density at radius 2 is 2.00 bits per heavy atom. The predicted octanol–water partition coefficient (Wildman–Crippen LogP) is 2.04. The standard InChI is InChI=1S/C7H14O.2Y/c1-4-8-6-5-7(2)3;;/h4,7H,2,5-6H2,1,3H3;;/q-2;;/t7-;;/m1../s1. The third-order valence-electron chi connectivity index (χ3n) is 0.895. The maximum absolute atomic E-state index is 4.98. The maximum atomic E-state index is 4.98. The summed E-state index contributed by atoms with van der Waals surface area (Å²) < 4.78 is 4.98. The molecule has 1 nitrogen and oxygen atoms in total. The second kappa shape index (κ2) is 13.7. The van der Waals surface area contributed by atoms with Crippen molar-refractivity contribution in [2.45, 2.75) is 20.3 Å². The minimum atomic E-state index is 0. The van der Waals surface area contributed by atoms with Gasteiger partial charge < -0.3 is 11.7 Å². The van der Waals surface area contributed by atoms with Crippen LogP contribution in [0.2, 0.25) is 0 Å². The molecule has 0 aromatic carbocycles. The summed E-state index contributed by atoms with van der Waals surface area (Å²) in [4.78, 5) is 0. The van der Waals surface area contributed by atoms with Crippen LogP contribution in [0.5, 0.6) is 0 Å². The third-order valence-corrected chi connectivity index (χ3v) is 0.895. The van der Waals surface area contributed by atoms with E-state index in [1.54, 1.807) is 6.61 Å². The fraction of sp³-hybridized carbons (Fsp3) is 0.714. The molecule has 0 heterocycles. The molecule has 0 aromatic rings. The van der Waals surface area contributed by atoms with Gasteiger partial charge in [0.25, 0.3) is 0 Å². The fourth-order valence-corrected chi connectivity index (χ4v) is 0.387.